The second kappa shape index (κ2) is 17.0. The molecule has 6 aliphatic rings. The number of carbonyl (C=O) groups excluding carboxylic acids is 3. The molecular formula is C56H76F2N4O8. The Morgan fingerprint density at radius 2 is 1.67 bits per heavy atom. The zero-order valence-corrected chi connectivity index (χ0v) is 43.3. The van der Waals surface area contributed by atoms with E-state index in [-0.39, 0.29) is 68.6 Å². The van der Waals surface area contributed by atoms with Crippen LogP contribution >= 0.6 is 0 Å². The summed E-state index contributed by atoms with van der Waals surface area (Å²) in [6.45, 7) is 22.4. The van der Waals surface area contributed by atoms with Crippen LogP contribution in [0, 0.1) is 43.9 Å². The molecule has 14 heteroatoms. The summed E-state index contributed by atoms with van der Waals surface area (Å²) < 4.78 is 101. The van der Waals surface area contributed by atoms with Crippen LogP contribution in [0.15, 0.2) is 30.4 Å². The number of ether oxygens (including phenoxy) is 4. The van der Waals surface area contributed by atoms with Gasteiger partial charge in [0.1, 0.15) is 11.2 Å². The second-order valence-electron chi connectivity index (χ2n) is 21.8. The molecule has 5 aliphatic heterocycles. The smallest absolute Gasteiger partial charge is 0.344 e. The van der Waals surface area contributed by atoms with Crippen LogP contribution in [0.1, 0.15) is 147 Å². The van der Waals surface area contributed by atoms with Gasteiger partial charge in [-0.3, -0.25) is 19.4 Å². The Hall–Kier alpha value is -4.53. The molecule has 0 amide bonds. The third kappa shape index (κ3) is 6.35. The number of H-pyrrole nitrogens is 1. The van der Waals surface area contributed by atoms with Gasteiger partial charge >= 0.3 is 17.9 Å². The first kappa shape index (κ1) is 44.2. The number of carbonyl (C=O) groups is 3. The van der Waals surface area contributed by atoms with Crippen molar-refractivity contribution in [1.29, 1.82) is 0 Å². The number of halogens is 2. The van der Waals surface area contributed by atoms with Gasteiger partial charge < -0.3 is 33.9 Å². The number of esters is 3. The molecule has 0 radical (unpaired) electrons. The van der Waals surface area contributed by atoms with Gasteiger partial charge in [0, 0.05) is 104 Å². The van der Waals surface area contributed by atoms with Crippen LogP contribution in [0.4, 0.5) is 14.5 Å². The summed E-state index contributed by atoms with van der Waals surface area (Å²) >= 11 is 0. The normalized spacial score (nSPS) is 38.9. The molecule has 3 aromatic rings. The number of aromatic nitrogens is 1. The number of anilines is 1. The molecule has 70 heavy (non-hydrogen) atoms. The molecule has 1 saturated carbocycles. The van der Waals surface area contributed by atoms with E-state index in [0.29, 0.717) is 22.4 Å². The maximum absolute atomic E-state index is 16.3. The van der Waals surface area contributed by atoms with E-state index < -0.39 is 101 Å². The molecule has 9 rings (SSSR count). The number of aromatic amines is 1. The number of fused-ring (bicyclic) bond motifs is 6. The Bertz CT molecular complexity index is 2870. The van der Waals surface area contributed by atoms with E-state index in [1.54, 1.807) is 19.9 Å². The highest BCUT2D eigenvalue weighted by Crippen LogP contribution is 2.72. The summed E-state index contributed by atoms with van der Waals surface area (Å²) in [7, 11) is -3.40. The lowest BCUT2D eigenvalue weighted by molar-refractivity contribution is -0.231. The van der Waals surface area contributed by atoms with E-state index in [0.717, 1.165) is 41.4 Å². The van der Waals surface area contributed by atoms with Gasteiger partial charge in [-0.05, 0) is 147 Å². The Kier molecular flexibility index (Phi) is 10.8. The summed E-state index contributed by atoms with van der Waals surface area (Å²) in [6, 6.07) is 1.75. The van der Waals surface area contributed by atoms with Crippen LogP contribution in [-0.4, -0.2) is 119 Å². The van der Waals surface area contributed by atoms with Crippen molar-refractivity contribution in [3.8, 4) is 5.75 Å². The molecule has 6 unspecified atom stereocenters. The van der Waals surface area contributed by atoms with Gasteiger partial charge in [0.15, 0.2) is 6.10 Å². The number of nitrogens with one attached hydrogen (secondary N) is 1. The minimum absolute atomic E-state index is 0.0153. The van der Waals surface area contributed by atoms with E-state index in [9.17, 15) is 12.6 Å². The fraction of sp³-hybridized carbons (Fsp3) is 0.661. The van der Waals surface area contributed by atoms with Crippen LogP contribution in [0.5, 0.6) is 5.75 Å². The van der Waals surface area contributed by atoms with Crippen molar-refractivity contribution in [3.63, 3.8) is 0 Å². The number of rotatable bonds is 10. The molecular weight excluding hydrogens is 895 g/mol. The predicted octanol–water partition coefficient (Wildman–Crippen LogP) is 9.15. The fourth-order valence-electron chi connectivity index (χ4n) is 15.7. The van der Waals surface area contributed by atoms with Crippen molar-refractivity contribution in [2.24, 2.45) is 23.2 Å². The minimum atomic E-state index is -3.40. The third-order valence-electron chi connectivity index (χ3n) is 18.8. The third-order valence-corrected chi connectivity index (χ3v) is 18.8. The van der Waals surface area contributed by atoms with Crippen molar-refractivity contribution in [2.45, 2.75) is 181 Å². The Balaban J connectivity index is 1.51. The van der Waals surface area contributed by atoms with Crippen LogP contribution in [0.2, 0.25) is 0 Å². The zero-order valence-electron chi connectivity index (χ0n) is 48.3. The molecule has 382 valence electrons. The maximum Gasteiger partial charge on any atom is 0.344 e. The molecule has 15 atom stereocenters. The minimum Gasteiger partial charge on any atom is -0.493 e. The summed E-state index contributed by atoms with van der Waals surface area (Å²) in [6.07, 6.45) is 2.19. The first-order chi connectivity index (χ1) is 34.8. The molecule has 1 aliphatic carbocycles. The quantitative estimate of drug-likeness (QED) is 0.115. The number of aliphatic hydroxyl groups is 1. The number of likely N-dealkylation sites (N-methyl/N-ethyl adjacent to an activating group) is 1. The van der Waals surface area contributed by atoms with Crippen molar-refractivity contribution in [3.05, 3.63) is 69.4 Å². The fourth-order valence-corrected chi connectivity index (χ4v) is 15.7. The standard InChI is InChI=1S/C56H76F2N4O8/c1-16-53-21-20-30(7)62-33(10)32(9)55(47(53)62)44-31(8)45(42(68-18-3)25-41(44)60(17-2)48(55)56(66,51(65)67-15)49(53)70-36(13)63)54(50(64)69-19-4)26-37-24-38(52(14,57)58)27-61(34(37)11)35(12)43-39-22-28(5)29(6)23-40(39)59-46(43)54/h20-23,25,30,32-35,37-38,47-49,59,66H,16-19,24,26-27H2,1-15H3/t30?,32-,33?,34?,35?,37+,38-,47+,48-,49-,53-,54+,55?,56+/m1/s1/i15D3,17D2. The molecule has 6 heterocycles. The van der Waals surface area contributed by atoms with E-state index in [4.69, 9.17) is 23.1 Å². The lowest BCUT2D eigenvalue weighted by atomic mass is 9.45. The Morgan fingerprint density at radius 1 is 0.971 bits per heavy atom. The number of aryl methyl sites for hydroxylation is 2. The summed E-state index contributed by atoms with van der Waals surface area (Å²) in [4.78, 5) is 54.8. The molecule has 2 aromatic carbocycles. The van der Waals surface area contributed by atoms with Crippen LogP contribution in [0.25, 0.3) is 10.9 Å². The highest BCUT2D eigenvalue weighted by Gasteiger charge is 2.83. The van der Waals surface area contributed by atoms with Crippen molar-refractivity contribution in [1.82, 2.24) is 14.8 Å². The highest BCUT2D eigenvalue weighted by atomic mass is 19.3. The average Bonchev–Trinajstić information content (AvgIpc) is 3.91. The van der Waals surface area contributed by atoms with E-state index in [1.165, 1.54) is 11.8 Å². The van der Waals surface area contributed by atoms with Crippen LogP contribution in [-0.2, 0) is 39.4 Å². The van der Waals surface area contributed by atoms with Gasteiger partial charge in [0.25, 0.3) is 0 Å². The lowest BCUT2D eigenvalue weighted by Gasteiger charge is -2.65. The SMILES string of the molecule is [2H]C([2H])([2H])OC(=O)[C@]1(O)[C@@H]2N(C([2H])([2H])C)c3cc(OCC)c([C@@]4(C(=O)OCC)C[C@@H]5C[C@@H](C(C)(F)F)CN(C(C)c6c4[nH]c4cc(C)c(C)cc64)C5C)c(C)c3C23[C@H](C)C(C)N2C(C)C=C[C@](CC)([C@H]23)[C@H]1OC(C)=O. The molecule has 1 spiro atoms. The van der Waals surface area contributed by atoms with Gasteiger partial charge in [-0.2, -0.15) is 0 Å². The van der Waals surface area contributed by atoms with Gasteiger partial charge in [-0.25, -0.2) is 13.6 Å². The molecule has 3 fully saturated rings. The highest BCUT2D eigenvalue weighted by molar-refractivity contribution is 5.96. The Morgan fingerprint density at radius 3 is 2.29 bits per heavy atom. The number of hydrogen-bond acceptors (Lipinski definition) is 11. The maximum atomic E-state index is 16.3. The average molecular weight is 976 g/mol. The number of piperidine rings is 1. The summed E-state index contributed by atoms with van der Waals surface area (Å²) in [5.41, 5.74) is -2.52. The molecule has 2 N–H and O–H groups in total. The Labute approximate surface area is 419 Å². The molecule has 2 saturated heterocycles. The summed E-state index contributed by atoms with van der Waals surface area (Å²) in [5.74, 6) is -8.26. The first-order valence-electron chi connectivity index (χ1n) is 27.9. The number of alkyl halides is 2. The van der Waals surface area contributed by atoms with Gasteiger partial charge in [0.05, 0.1) is 30.4 Å². The van der Waals surface area contributed by atoms with Crippen LogP contribution < -0.4 is 9.64 Å². The van der Waals surface area contributed by atoms with E-state index in [1.807, 2.05) is 80.5 Å². The number of benzene rings is 2. The summed E-state index contributed by atoms with van der Waals surface area (Å²) in [5, 5.41) is 14.9. The van der Waals surface area contributed by atoms with Gasteiger partial charge in [-0.1, -0.05) is 26.0 Å². The number of nitrogens with zero attached hydrogens (tertiary/aromatic N) is 3. The van der Waals surface area contributed by atoms with Gasteiger partial charge in [-0.15, -0.1) is 0 Å². The largest absolute Gasteiger partial charge is 0.493 e. The van der Waals surface area contributed by atoms with E-state index in [2.05, 4.69) is 20.9 Å². The monoisotopic (exact) mass is 976 g/mol. The molecule has 2 bridgehead atoms. The zero-order chi connectivity index (χ0) is 55.4. The van der Waals surface area contributed by atoms with Crippen LogP contribution in [0.3, 0.4) is 0 Å². The second-order valence-corrected chi connectivity index (χ2v) is 21.8. The predicted molar refractivity (Wildman–Crippen MR) is 266 cm³/mol. The van der Waals surface area contributed by atoms with Crippen molar-refractivity contribution < 1.29 is 54.1 Å². The van der Waals surface area contributed by atoms with Crippen molar-refractivity contribution in [2.75, 3.05) is 38.2 Å². The topological polar surface area (TPSA) is 134 Å². The lowest BCUT2D eigenvalue weighted by Crippen LogP contribution is -2.82. The number of hydrogen-bond donors (Lipinski definition) is 2. The van der Waals surface area contributed by atoms with Gasteiger partial charge in [0.2, 0.25) is 11.5 Å². The number of methoxy groups -OCH3 is 1. The molecule has 1 aromatic heterocycles. The molecule has 12 nitrogen and oxygen atoms in total. The van der Waals surface area contributed by atoms with Crippen molar-refractivity contribution >= 4 is 34.5 Å². The van der Waals surface area contributed by atoms with E-state index >= 15 is 18.4 Å². The first-order valence-corrected chi connectivity index (χ1v) is 25.4.